The van der Waals surface area contributed by atoms with Crippen LogP contribution in [-0.4, -0.2) is 36.1 Å². The van der Waals surface area contributed by atoms with E-state index in [1.807, 2.05) is 25.1 Å². The van der Waals surface area contributed by atoms with Gasteiger partial charge < -0.3 is 21.1 Å². The molecule has 2 aromatic rings. The van der Waals surface area contributed by atoms with Crippen LogP contribution in [0.1, 0.15) is 25.8 Å². The summed E-state index contributed by atoms with van der Waals surface area (Å²) in [7, 11) is 0. The van der Waals surface area contributed by atoms with Crippen LogP contribution in [0.4, 0.5) is 5.69 Å². The van der Waals surface area contributed by atoms with Gasteiger partial charge in [0.1, 0.15) is 12.3 Å². The fraction of sp³-hybridized carbons (Fsp3) is 0.333. The molecule has 0 aliphatic rings. The van der Waals surface area contributed by atoms with Crippen molar-refractivity contribution >= 4 is 41.5 Å². The Balaban J connectivity index is 0.00000392. The van der Waals surface area contributed by atoms with Crippen LogP contribution in [0.25, 0.3) is 0 Å². The van der Waals surface area contributed by atoms with Crippen LogP contribution in [-0.2, 0) is 11.2 Å². The SMILES string of the molecule is CCNC(=NCC(=O)Nc1ccc(O)cc1)NC(C)CCc1ccccc1.I. The largest absolute Gasteiger partial charge is 0.508 e. The van der Waals surface area contributed by atoms with E-state index in [1.54, 1.807) is 12.1 Å². The summed E-state index contributed by atoms with van der Waals surface area (Å²) in [5, 5.41) is 18.5. The Hall–Kier alpha value is -2.29. The molecule has 0 fully saturated rings. The number of phenolic OH excluding ortho intramolecular Hbond substituents is 1. The van der Waals surface area contributed by atoms with E-state index < -0.39 is 0 Å². The van der Waals surface area contributed by atoms with Crippen molar-refractivity contribution in [3.63, 3.8) is 0 Å². The molecule has 6 nitrogen and oxygen atoms in total. The quantitative estimate of drug-likeness (QED) is 0.195. The summed E-state index contributed by atoms with van der Waals surface area (Å²) >= 11 is 0. The summed E-state index contributed by atoms with van der Waals surface area (Å²) in [6, 6.07) is 16.9. The number of carbonyl (C=O) groups excluding carboxylic acids is 1. The minimum Gasteiger partial charge on any atom is -0.508 e. The number of hydrogen-bond donors (Lipinski definition) is 4. The molecule has 28 heavy (non-hydrogen) atoms. The molecular weight excluding hydrogens is 467 g/mol. The van der Waals surface area contributed by atoms with Gasteiger partial charge in [0.15, 0.2) is 5.96 Å². The third-order valence-electron chi connectivity index (χ3n) is 3.97. The van der Waals surface area contributed by atoms with Gasteiger partial charge in [-0.3, -0.25) is 4.79 Å². The van der Waals surface area contributed by atoms with E-state index >= 15 is 0 Å². The van der Waals surface area contributed by atoms with E-state index in [9.17, 15) is 9.90 Å². The van der Waals surface area contributed by atoms with Crippen LogP contribution in [0.2, 0.25) is 0 Å². The zero-order chi connectivity index (χ0) is 19.5. The van der Waals surface area contributed by atoms with Crippen LogP contribution in [0.15, 0.2) is 59.6 Å². The number of phenols is 1. The first-order chi connectivity index (χ1) is 13.1. The third-order valence-corrected chi connectivity index (χ3v) is 3.97. The first-order valence-electron chi connectivity index (χ1n) is 9.24. The topological polar surface area (TPSA) is 85.8 Å². The predicted molar refractivity (Wildman–Crippen MR) is 125 cm³/mol. The molecular formula is C21H29IN4O2. The molecule has 0 saturated heterocycles. The Morgan fingerprint density at radius 2 is 1.79 bits per heavy atom. The number of rotatable bonds is 8. The van der Waals surface area contributed by atoms with Gasteiger partial charge in [-0.2, -0.15) is 0 Å². The highest BCUT2D eigenvalue weighted by Crippen LogP contribution is 2.13. The van der Waals surface area contributed by atoms with E-state index in [4.69, 9.17) is 0 Å². The maximum atomic E-state index is 12.1. The Kier molecular flexibility index (Phi) is 11.0. The number of nitrogens with one attached hydrogen (secondary N) is 3. The zero-order valence-electron chi connectivity index (χ0n) is 16.3. The summed E-state index contributed by atoms with van der Waals surface area (Å²) < 4.78 is 0. The Bertz CT molecular complexity index is 736. The van der Waals surface area contributed by atoms with E-state index in [1.165, 1.54) is 17.7 Å². The molecule has 0 spiro atoms. The van der Waals surface area contributed by atoms with Gasteiger partial charge in [-0.1, -0.05) is 30.3 Å². The van der Waals surface area contributed by atoms with Crippen LogP contribution in [0, 0.1) is 0 Å². The third kappa shape index (κ3) is 9.07. The molecule has 1 atom stereocenters. The molecule has 2 aromatic carbocycles. The molecule has 0 saturated carbocycles. The second-order valence-electron chi connectivity index (χ2n) is 6.36. The summed E-state index contributed by atoms with van der Waals surface area (Å²) in [6.45, 7) is 4.83. The van der Waals surface area contributed by atoms with Crippen molar-refractivity contribution < 1.29 is 9.90 Å². The van der Waals surface area contributed by atoms with Gasteiger partial charge in [-0.25, -0.2) is 4.99 Å². The number of benzene rings is 2. The number of hydrogen-bond acceptors (Lipinski definition) is 3. The smallest absolute Gasteiger partial charge is 0.246 e. The maximum absolute atomic E-state index is 12.1. The lowest BCUT2D eigenvalue weighted by atomic mass is 10.1. The maximum Gasteiger partial charge on any atom is 0.246 e. The normalized spacial score (nSPS) is 11.9. The molecule has 2 rings (SSSR count). The van der Waals surface area contributed by atoms with E-state index in [-0.39, 0.29) is 48.2 Å². The fourth-order valence-corrected chi connectivity index (χ4v) is 2.55. The van der Waals surface area contributed by atoms with Gasteiger partial charge in [0, 0.05) is 18.3 Å². The van der Waals surface area contributed by atoms with Gasteiger partial charge in [-0.05, 0) is 56.5 Å². The Morgan fingerprint density at radius 3 is 2.43 bits per heavy atom. The first kappa shape index (κ1) is 23.7. The summed E-state index contributed by atoms with van der Waals surface area (Å²) in [6.07, 6.45) is 1.95. The monoisotopic (exact) mass is 496 g/mol. The molecule has 4 N–H and O–H groups in total. The van der Waals surface area contributed by atoms with Crippen molar-refractivity contribution in [2.24, 2.45) is 4.99 Å². The lowest BCUT2D eigenvalue weighted by Crippen LogP contribution is -2.42. The number of carbonyl (C=O) groups is 1. The highest BCUT2D eigenvalue weighted by Gasteiger charge is 2.07. The van der Waals surface area contributed by atoms with Crippen molar-refractivity contribution in [2.45, 2.75) is 32.7 Å². The minimum atomic E-state index is -0.213. The highest BCUT2D eigenvalue weighted by molar-refractivity contribution is 14.0. The summed E-state index contributed by atoms with van der Waals surface area (Å²) in [5.41, 5.74) is 1.93. The standard InChI is InChI=1S/C21H28N4O2.HI/c1-3-22-21(24-16(2)9-10-17-7-5-4-6-8-17)23-15-20(27)25-18-11-13-19(26)14-12-18;/h4-8,11-14,16,26H,3,9-10,15H2,1-2H3,(H,25,27)(H2,22,23,24);1H. The lowest BCUT2D eigenvalue weighted by Gasteiger charge is -2.17. The Morgan fingerprint density at radius 1 is 1.11 bits per heavy atom. The van der Waals surface area contributed by atoms with Gasteiger partial charge >= 0.3 is 0 Å². The molecule has 0 bridgehead atoms. The van der Waals surface area contributed by atoms with Crippen LogP contribution in [0.5, 0.6) is 5.75 Å². The van der Waals surface area contributed by atoms with Crippen molar-refractivity contribution in [3.8, 4) is 5.75 Å². The average molecular weight is 496 g/mol. The molecule has 0 aliphatic heterocycles. The van der Waals surface area contributed by atoms with E-state index in [0.717, 1.165) is 19.4 Å². The summed E-state index contributed by atoms with van der Waals surface area (Å²) in [4.78, 5) is 16.4. The van der Waals surface area contributed by atoms with Crippen molar-refractivity contribution in [1.82, 2.24) is 10.6 Å². The van der Waals surface area contributed by atoms with Crippen molar-refractivity contribution in [1.29, 1.82) is 0 Å². The van der Waals surface area contributed by atoms with E-state index in [2.05, 4.69) is 40.0 Å². The second-order valence-corrected chi connectivity index (χ2v) is 6.36. The molecule has 0 radical (unpaired) electrons. The number of aliphatic imine (C=N–C) groups is 1. The van der Waals surface area contributed by atoms with Gasteiger partial charge in [0.05, 0.1) is 0 Å². The Labute approximate surface area is 183 Å². The zero-order valence-corrected chi connectivity index (χ0v) is 18.6. The number of guanidine groups is 1. The number of amides is 1. The fourth-order valence-electron chi connectivity index (χ4n) is 2.55. The number of anilines is 1. The van der Waals surface area contributed by atoms with Gasteiger partial charge in [0.25, 0.3) is 0 Å². The highest BCUT2D eigenvalue weighted by atomic mass is 127. The first-order valence-corrected chi connectivity index (χ1v) is 9.24. The number of aromatic hydroxyl groups is 1. The van der Waals surface area contributed by atoms with Gasteiger partial charge in [-0.15, -0.1) is 24.0 Å². The molecule has 0 heterocycles. The molecule has 1 amide bonds. The number of halogens is 1. The van der Waals surface area contributed by atoms with E-state index in [0.29, 0.717) is 11.6 Å². The number of nitrogens with zero attached hydrogens (tertiary/aromatic N) is 1. The molecule has 1 unspecified atom stereocenters. The van der Waals surface area contributed by atoms with Crippen LogP contribution in [0.3, 0.4) is 0 Å². The molecule has 0 aliphatic carbocycles. The summed E-state index contributed by atoms with van der Waals surface area (Å²) in [5.74, 6) is 0.572. The minimum absolute atomic E-state index is 0. The predicted octanol–water partition coefficient (Wildman–Crippen LogP) is 3.53. The van der Waals surface area contributed by atoms with Crippen molar-refractivity contribution in [3.05, 3.63) is 60.2 Å². The van der Waals surface area contributed by atoms with Crippen LogP contribution < -0.4 is 16.0 Å². The molecule has 0 aromatic heterocycles. The molecule has 152 valence electrons. The lowest BCUT2D eigenvalue weighted by molar-refractivity contribution is -0.114. The van der Waals surface area contributed by atoms with Crippen molar-refractivity contribution in [2.75, 3.05) is 18.4 Å². The van der Waals surface area contributed by atoms with Crippen LogP contribution >= 0.6 is 24.0 Å². The number of aryl methyl sites for hydroxylation is 1. The van der Waals surface area contributed by atoms with Gasteiger partial charge in [0.2, 0.25) is 5.91 Å². The average Bonchev–Trinajstić information content (AvgIpc) is 2.67. The second kappa shape index (κ2) is 13.0. The molecule has 7 heteroatoms.